The molecule has 5 heteroatoms. The first kappa shape index (κ1) is 17.9. The van der Waals surface area contributed by atoms with E-state index in [0.717, 1.165) is 22.0 Å². The number of rotatable bonds is 5. The number of carbonyl (C=O) groups is 3. The molecule has 5 nitrogen and oxygen atoms in total. The molecule has 0 spiro atoms. The van der Waals surface area contributed by atoms with Crippen LogP contribution in [0.1, 0.15) is 39.1 Å². The van der Waals surface area contributed by atoms with Crippen LogP contribution >= 0.6 is 0 Å². The predicted octanol–water partition coefficient (Wildman–Crippen LogP) is 4.16. The summed E-state index contributed by atoms with van der Waals surface area (Å²) in [5.74, 6) is -0.698. The van der Waals surface area contributed by atoms with E-state index in [1.165, 1.54) is 4.90 Å². The van der Waals surface area contributed by atoms with Crippen LogP contribution in [0.25, 0.3) is 10.8 Å². The van der Waals surface area contributed by atoms with Crippen molar-refractivity contribution in [3.8, 4) is 0 Å². The quantitative estimate of drug-likeness (QED) is 0.684. The Morgan fingerprint density at radius 1 is 0.929 bits per heavy atom. The lowest BCUT2D eigenvalue weighted by atomic mass is 10.1. The Morgan fingerprint density at radius 3 is 2.54 bits per heavy atom. The normalized spacial score (nSPS) is 13.1. The van der Waals surface area contributed by atoms with Crippen LogP contribution in [0.2, 0.25) is 0 Å². The Labute approximate surface area is 163 Å². The second-order valence-corrected chi connectivity index (χ2v) is 6.99. The molecule has 0 aliphatic carbocycles. The van der Waals surface area contributed by atoms with Crippen molar-refractivity contribution in [2.45, 2.75) is 19.8 Å². The minimum atomic E-state index is -0.283. The van der Waals surface area contributed by atoms with Gasteiger partial charge in [-0.3, -0.25) is 19.3 Å². The molecule has 140 valence electrons. The molecule has 1 aliphatic heterocycles. The number of nitrogens with zero attached hydrogens (tertiary/aromatic N) is 1. The molecule has 0 bridgehead atoms. The van der Waals surface area contributed by atoms with Gasteiger partial charge in [0, 0.05) is 24.0 Å². The topological polar surface area (TPSA) is 66.5 Å². The molecule has 0 fully saturated rings. The Bertz CT molecular complexity index is 1100. The molecule has 1 aliphatic rings. The van der Waals surface area contributed by atoms with Gasteiger partial charge in [-0.25, -0.2) is 0 Å². The number of aryl methyl sites for hydroxylation is 1. The van der Waals surface area contributed by atoms with Crippen LogP contribution in [-0.2, 0) is 4.79 Å². The van der Waals surface area contributed by atoms with Gasteiger partial charge in [0.05, 0.1) is 11.1 Å². The number of nitrogens with one attached hydrogen (secondary N) is 1. The summed E-state index contributed by atoms with van der Waals surface area (Å²) in [5, 5.41) is 4.97. The average molecular weight is 372 g/mol. The molecule has 4 rings (SSSR count). The van der Waals surface area contributed by atoms with Crippen LogP contribution in [0.4, 0.5) is 5.69 Å². The van der Waals surface area contributed by atoms with Gasteiger partial charge < -0.3 is 5.32 Å². The van der Waals surface area contributed by atoms with Crippen molar-refractivity contribution in [3.63, 3.8) is 0 Å². The van der Waals surface area contributed by atoms with Gasteiger partial charge in [0.25, 0.3) is 11.8 Å². The molecule has 0 radical (unpaired) electrons. The first-order valence-corrected chi connectivity index (χ1v) is 9.29. The van der Waals surface area contributed by atoms with E-state index in [2.05, 4.69) is 5.32 Å². The number of hydrogen-bond acceptors (Lipinski definition) is 3. The van der Waals surface area contributed by atoms with E-state index >= 15 is 0 Å². The summed E-state index contributed by atoms with van der Waals surface area (Å²) in [6.45, 7) is 2.12. The molecule has 0 unspecified atom stereocenters. The summed E-state index contributed by atoms with van der Waals surface area (Å²) in [6, 6.07) is 18.9. The van der Waals surface area contributed by atoms with Gasteiger partial charge >= 0.3 is 0 Å². The Balaban J connectivity index is 1.37. The highest BCUT2D eigenvalue weighted by Crippen LogP contribution is 2.25. The number of imide groups is 1. The van der Waals surface area contributed by atoms with E-state index in [1.807, 2.05) is 55.5 Å². The number of fused-ring (bicyclic) bond motifs is 2. The molecule has 0 atom stereocenters. The van der Waals surface area contributed by atoms with Gasteiger partial charge in [0.15, 0.2) is 0 Å². The molecule has 1 N–H and O–H groups in total. The molecule has 3 aromatic carbocycles. The van der Waals surface area contributed by atoms with Crippen LogP contribution in [0, 0.1) is 6.92 Å². The fourth-order valence-electron chi connectivity index (χ4n) is 3.55. The van der Waals surface area contributed by atoms with Gasteiger partial charge in [0.1, 0.15) is 0 Å². The maximum Gasteiger partial charge on any atom is 0.261 e. The monoisotopic (exact) mass is 372 g/mol. The Kier molecular flexibility index (Phi) is 4.65. The zero-order valence-electron chi connectivity index (χ0n) is 15.6. The third kappa shape index (κ3) is 3.27. The van der Waals surface area contributed by atoms with Crippen molar-refractivity contribution in [1.29, 1.82) is 0 Å². The van der Waals surface area contributed by atoms with Crippen molar-refractivity contribution >= 4 is 34.2 Å². The standard InChI is InChI=1S/C23H20N2O3/c1-15-11-12-18-19(14-15)23(28)25(22(18)27)13-5-10-21(26)24-20-9-4-7-16-6-2-3-8-17(16)20/h2-4,6-9,11-12,14H,5,10,13H2,1H3,(H,24,26). The van der Waals surface area contributed by atoms with Crippen LogP contribution in [-0.4, -0.2) is 29.2 Å². The second kappa shape index (κ2) is 7.27. The van der Waals surface area contributed by atoms with E-state index in [9.17, 15) is 14.4 Å². The van der Waals surface area contributed by atoms with Crippen molar-refractivity contribution < 1.29 is 14.4 Å². The van der Waals surface area contributed by atoms with Gasteiger partial charge in [-0.05, 0) is 36.9 Å². The lowest BCUT2D eigenvalue weighted by Crippen LogP contribution is -2.31. The van der Waals surface area contributed by atoms with Crippen molar-refractivity contribution in [2.24, 2.45) is 0 Å². The van der Waals surface area contributed by atoms with E-state index in [4.69, 9.17) is 0 Å². The highest BCUT2D eigenvalue weighted by molar-refractivity contribution is 6.21. The summed E-state index contributed by atoms with van der Waals surface area (Å²) in [5.41, 5.74) is 2.59. The summed E-state index contributed by atoms with van der Waals surface area (Å²) < 4.78 is 0. The third-order valence-corrected chi connectivity index (χ3v) is 4.98. The second-order valence-electron chi connectivity index (χ2n) is 6.99. The summed E-state index contributed by atoms with van der Waals surface area (Å²) in [7, 11) is 0. The van der Waals surface area contributed by atoms with Crippen molar-refractivity contribution in [3.05, 3.63) is 77.4 Å². The zero-order valence-corrected chi connectivity index (χ0v) is 15.6. The zero-order chi connectivity index (χ0) is 19.7. The van der Waals surface area contributed by atoms with Crippen molar-refractivity contribution in [2.75, 3.05) is 11.9 Å². The van der Waals surface area contributed by atoms with Crippen LogP contribution in [0.5, 0.6) is 0 Å². The summed E-state index contributed by atoms with van der Waals surface area (Å²) >= 11 is 0. The SMILES string of the molecule is Cc1ccc2c(c1)C(=O)N(CCCC(=O)Nc1cccc3ccccc13)C2=O. The Hall–Kier alpha value is -3.47. The highest BCUT2D eigenvalue weighted by atomic mass is 16.2. The van der Waals surface area contributed by atoms with E-state index in [0.29, 0.717) is 17.5 Å². The number of hydrogen-bond donors (Lipinski definition) is 1. The fraction of sp³-hybridized carbons (Fsp3) is 0.174. The number of benzene rings is 3. The van der Waals surface area contributed by atoms with Crippen molar-refractivity contribution in [1.82, 2.24) is 4.90 Å². The molecular weight excluding hydrogens is 352 g/mol. The van der Waals surface area contributed by atoms with E-state index in [1.54, 1.807) is 12.1 Å². The summed E-state index contributed by atoms with van der Waals surface area (Å²) in [4.78, 5) is 38.5. The van der Waals surface area contributed by atoms with Crippen LogP contribution in [0.3, 0.4) is 0 Å². The largest absolute Gasteiger partial charge is 0.326 e. The Morgan fingerprint density at radius 2 is 1.68 bits per heavy atom. The first-order chi connectivity index (χ1) is 13.5. The van der Waals surface area contributed by atoms with Crippen LogP contribution < -0.4 is 5.32 Å². The maximum absolute atomic E-state index is 12.5. The average Bonchev–Trinajstić information content (AvgIpc) is 2.92. The highest BCUT2D eigenvalue weighted by Gasteiger charge is 2.34. The van der Waals surface area contributed by atoms with Gasteiger partial charge in [-0.2, -0.15) is 0 Å². The first-order valence-electron chi connectivity index (χ1n) is 9.29. The lowest BCUT2D eigenvalue weighted by Gasteiger charge is -2.14. The number of anilines is 1. The lowest BCUT2D eigenvalue weighted by molar-refractivity contribution is -0.116. The molecule has 3 amide bonds. The minimum absolute atomic E-state index is 0.135. The molecule has 28 heavy (non-hydrogen) atoms. The van der Waals surface area contributed by atoms with Gasteiger partial charge in [0.2, 0.25) is 5.91 Å². The molecule has 1 heterocycles. The van der Waals surface area contributed by atoms with Gasteiger partial charge in [-0.1, -0.05) is 48.0 Å². The molecule has 0 saturated heterocycles. The smallest absolute Gasteiger partial charge is 0.261 e. The number of carbonyl (C=O) groups excluding carboxylic acids is 3. The van der Waals surface area contributed by atoms with E-state index in [-0.39, 0.29) is 30.7 Å². The minimum Gasteiger partial charge on any atom is -0.326 e. The predicted molar refractivity (Wildman–Crippen MR) is 108 cm³/mol. The third-order valence-electron chi connectivity index (χ3n) is 4.98. The van der Waals surface area contributed by atoms with Crippen LogP contribution in [0.15, 0.2) is 60.7 Å². The molecular formula is C23H20N2O3. The number of amides is 3. The fourth-order valence-corrected chi connectivity index (χ4v) is 3.55. The van der Waals surface area contributed by atoms with Gasteiger partial charge in [-0.15, -0.1) is 0 Å². The summed E-state index contributed by atoms with van der Waals surface area (Å²) in [6.07, 6.45) is 0.650. The van der Waals surface area contributed by atoms with E-state index < -0.39 is 0 Å². The maximum atomic E-state index is 12.5. The molecule has 0 saturated carbocycles. The molecule has 0 aromatic heterocycles. The molecule has 3 aromatic rings.